The fourth-order valence-electron chi connectivity index (χ4n) is 6.82. The maximum Gasteiger partial charge on any atom is 0.145 e. The predicted octanol–water partition coefficient (Wildman–Crippen LogP) is 9.16. The summed E-state index contributed by atoms with van der Waals surface area (Å²) in [5, 5.41) is 2.55. The Morgan fingerprint density at radius 1 is 0.650 bits per heavy atom. The van der Waals surface area contributed by atoms with Gasteiger partial charge in [-0.3, -0.25) is 4.57 Å². The molecule has 2 aliphatic heterocycles. The molecule has 0 saturated heterocycles. The fraction of sp³-hybridized carbons (Fsp3) is 0.0882. The molecule has 3 aliphatic rings. The molecule has 0 radical (unpaired) electrons. The van der Waals surface area contributed by atoms with Gasteiger partial charge in [-0.25, -0.2) is 4.98 Å². The van der Waals surface area contributed by atoms with Crippen LogP contribution < -0.4 is 9.80 Å². The van der Waals surface area contributed by atoms with Crippen LogP contribution in [-0.2, 0) is 13.1 Å². The van der Waals surface area contributed by atoms with Crippen LogP contribution in [-0.4, -0.2) is 16.2 Å². The third kappa shape index (κ3) is 3.20. The van der Waals surface area contributed by atoms with Crippen molar-refractivity contribution in [1.29, 1.82) is 0 Å². The smallest absolute Gasteiger partial charge is 0.145 e. The van der Waals surface area contributed by atoms with Crippen molar-refractivity contribution < 1.29 is 0 Å². The Balaban J connectivity index is 1.23. The van der Waals surface area contributed by atoms with E-state index in [1.807, 2.05) is 0 Å². The number of aromatic nitrogens is 2. The molecule has 0 fully saturated rings. The molecule has 2 bridgehead atoms. The van der Waals surface area contributed by atoms with Crippen molar-refractivity contribution in [1.82, 2.24) is 9.55 Å². The van der Waals surface area contributed by atoms with Gasteiger partial charge in [0.15, 0.2) is 0 Å². The molecule has 40 heavy (non-hydrogen) atoms. The Hall–Kier alpha value is -3.87. The van der Waals surface area contributed by atoms with E-state index >= 15 is 0 Å². The minimum absolute atomic E-state index is 0.884. The molecule has 0 spiro atoms. The van der Waals surface area contributed by atoms with Gasteiger partial charge in [0.05, 0.1) is 18.1 Å². The van der Waals surface area contributed by atoms with Crippen LogP contribution in [0.5, 0.6) is 0 Å². The zero-order chi connectivity index (χ0) is 26.5. The van der Waals surface area contributed by atoms with Crippen molar-refractivity contribution >= 4 is 54.0 Å². The highest BCUT2D eigenvalue weighted by Crippen LogP contribution is 2.50. The number of fused-ring (bicyclic) bond motifs is 9. The predicted molar refractivity (Wildman–Crippen MR) is 170 cm³/mol. The van der Waals surface area contributed by atoms with Crippen LogP contribution in [0.1, 0.15) is 11.1 Å². The van der Waals surface area contributed by atoms with Gasteiger partial charge < -0.3 is 9.80 Å². The topological polar surface area (TPSA) is 24.3 Å². The quantitative estimate of drug-likeness (QED) is 0.187. The van der Waals surface area contributed by atoms with Crippen LogP contribution >= 0.6 is 31.9 Å². The molecule has 0 saturated carbocycles. The van der Waals surface area contributed by atoms with E-state index in [1.165, 1.54) is 50.1 Å². The van der Waals surface area contributed by atoms with E-state index in [9.17, 15) is 0 Å². The summed E-state index contributed by atoms with van der Waals surface area (Å²) in [5.74, 6) is 0.978. The molecular formula is C34H22Br2N4. The van der Waals surface area contributed by atoms with Crippen LogP contribution in [0.2, 0.25) is 0 Å². The number of hydrogen-bond donors (Lipinski definition) is 0. The van der Waals surface area contributed by atoms with Crippen LogP contribution in [0, 0.1) is 0 Å². The molecule has 1 aromatic heterocycles. The summed E-state index contributed by atoms with van der Waals surface area (Å²) in [5.41, 5.74) is 12.3. The van der Waals surface area contributed by atoms with Crippen molar-refractivity contribution in [2.75, 3.05) is 16.5 Å². The van der Waals surface area contributed by atoms with Gasteiger partial charge in [0.25, 0.3) is 0 Å². The van der Waals surface area contributed by atoms with Gasteiger partial charge in [-0.2, -0.15) is 0 Å². The summed E-state index contributed by atoms with van der Waals surface area (Å²) in [7, 11) is 0. The molecule has 0 amide bonds. The van der Waals surface area contributed by atoms with E-state index < -0.39 is 0 Å². The number of imidazole rings is 1. The van der Waals surface area contributed by atoms with E-state index in [0.717, 1.165) is 51.5 Å². The molecular weight excluding hydrogens is 624 g/mol. The number of nitrogens with zero attached hydrogens (tertiary/aromatic N) is 4. The highest BCUT2D eigenvalue weighted by atomic mass is 79.9. The van der Waals surface area contributed by atoms with Gasteiger partial charge in [0.2, 0.25) is 0 Å². The lowest BCUT2D eigenvalue weighted by atomic mass is 9.99. The number of rotatable bonds is 2. The van der Waals surface area contributed by atoms with Crippen LogP contribution in [0.25, 0.3) is 50.4 Å². The minimum Gasteiger partial charge on any atom is -0.349 e. The maximum absolute atomic E-state index is 5.39. The molecule has 6 heteroatoms. The van der Waals surface area contributed by atoms with E-state index in [0.29, 0.717) is 0 Å². The van der Waals surface area contributed by atoms with Crippen LogP contribution in [0.15, 0.2) is 106 Å². The monoisotopic (exact) mass is 644 g/mol. The molecule has 1 aliphatic carbocycles. The zero-order valence-electron chi connectivity index (χ0n) is 21.4. The minimum atomic E-state index is 0.884. The lowest BCUT2D eigenvalue weighted by Gasteiger charge is -2.45. The van der Waals surface area contributed by atoms with Gasteiger partial charge in [0, 0.05) is 61.2 Å². The lowest BCUT2D eigenvalue weighted by molar-refractivity contribution is 0.651. The first-order valence-corrected chi connectivity index (χ1v) is 15.0. The Bertz CT molecular complexity index is 2020. The normalized spacial score (nSPS) is 14.3. The van der Waals surface area contributed by atoms with Gasteiger partial charge in [-0.05, 0) is 77.2 Å². The number of hydrogen-bond acceptors (Lipinski definition) is 3. The second-order valence-corrected chi connectivity index (χ2v) is 12.6. The molecule has 3 heterocycles. The molecule has 9 rings (SSSR count). The zero-order valence-corrected chi connectivity index (χ0v) is 24.6. The second-order valence-electron chi connectivity index (χ2n) is 10.8. The number of anilines is 2. The van der Waals surface area contributed by atoms with Crippen molar-refractivity contribution in [3.8, 4) is 39.6 Å². The average Bonchev–Trinajstić information content (AvgIpc) is 3.50. The van der Waals surface area contributed by atoms with E-state index in [4.69, 9.17) is 4.98 Å². The fourth-order valence-corrected chi connectivity index (χ4v) is 7.49. The molecule has 4 nitrogen and oxygen atoms in total. The summed E-state index contributed by atoms with van der Waals surface area (Å²) < 4.78 is 4.56. The van der Waals surface area contributed by atoms with E-state index in [2.05, 4.69) is 143 Å². The second kappa shape index (κ2) is 8.32. The number of benzene rings is 5. The third-order valence-electron chi connectivity index (χ3n) is 8.50. The summed E-state index contributed by atoms with van der Waals surface area (Å²) >= 11 is 7.28. The first-order chi connectivity index (χ1) is 19.6. The van der Waals surface area contributed by atoms with Crippen molar-refractivity contribution in [3.05, 3.63) is 117 Å². The summed E-state index contributed by atoms with van der Waals surface area (Å²) in [6.45, 7) is 2.72. The Labute approximate surface area is 248 Å². The molecule has 6 aromatic rings. The van der Waals surface area contributed by atoms with Gasteiger partial charge >= 0.3 is 0 Å². The highest BCUT2D eigenvalue weighted by molar-refractivity contribution is 9.10. The van der Waals surface area contributed by atoms with Gasteiger partial charge in [-0.1, -0.05) is 68.3 Å². The molecule has 0 N–H and O–H groups in total. The standard InChI is InChI=1S/C34H22Br2N4/c35-24-8-11-26(12-9-24)40-33-28-6-2-4-20-3-1-5-27(31(20)28)32(33)37-34(40)21-7-13-29-22(15-21)17-38-19-39(29)18-23-16-25(36)10-14-30(23)38/h1-16H,17-19H2. The SMILES string of the molecule is Brc1ccc(-n2c(-c3ccc4c(c3)CN3CN4Cc4cc(Br)ccc43)nc3c2-c2cccc4cccc-3c24)cc1. The lowest BCUT2D eigenvalue weighted by Crippen LogP contribution is -2.46. The molecule has 192 valence electrons. The summed E-state index contributed by atoms with van der Waals surface area (Å²) in [6, 6.07) is 35.3. The van der Waals surface area contributed by atoms with Crippen molar-refractivity contribution in [3.63, 3.8) is 0 Å². The van der Waals surface area contributed by atoms with Crippen molar-refractivity contribution in [2.24, 2.45) is 0 Å². The Kier molecular flexibility index (Phi) is 4.76. The first kappa shape index (κ1) is 22.9. The molecule has 5 aromatic carbocycles. The van der Waals surface area contributed by atoms with Crippen LogP contribution in [0.4, 0.5) is 11.4 Å². The van der Waals surface area contributed by atoms with Gasteiger partial charge in [-0.15, -0.1) is 0 Å². The largest absolute Gasteiger partial charge is 0.349 e. The highest BCUT2D eigenvalue weighted by Gasteiger charge is 2.32. The average molecular weight is 646 g/mol. The third-order valence-corrected chi connectivity index (χ3v) is 9.52. The Morgan fingerprint density at radius 3 is 2.10 bits per heavy atom. The molecule has 0 atom stereocenters. The maximum atomic E-state index is 5.39. The van der Waals surface area contributed by atoms with Gasteiger partial charge in [0.1, 0.15) is 5.82 Å². The van der Waals surface area contributed by atoms with E-state index in [1.54, 1.807) is 0 Å². The summed E-state index contributed by atoms with van der Waals surface area (Å²) in [4.78, 5) is 10.3. The molecule has 0 unspecified atom stereocenters. The van der Waals surface area contributed by atoms with E-state index in [-0.39, 0.29) is 0 Å². The first-order valence-electron chi connectivity index (χ1n) is 13.5. The number of halogens is 2. The Morgan fingerprint density at radius 2 is 1.32 bits per heavy atom. The van der Waals surface area contributed by atoms with Crippen molar-refractivity contribution in [2.45, 2.75) is 13.1 Å². The summed E-state index contributed by atoms with van der Waals surface area (Å²) in [6.07, 6.45) is 0. The van der Waals surface area contributed by atoms with Crippen LogP contribution in [0.3, 0.4) is 0 Å².